The van der Waals surface area contributed by atoms with E-state index in [9.17, 15) is 4.79 Å². The number of benzene rings is 2. The van der Waals surface area contributed by atoms with Crippen molar-refractivity contribution in [3.8, 4) is 0 Å². The van der Waals surface area contributed by atoms with Gasteiger partial charge in [0.1, 0.15) is 0 Å². The zero-order valence-electron chi connectivity index (χ0n) is 10.5. The molecule has 2 rings (SSSR count). The minimum Gasteiger partial charge on any atom is -0.330 e. The van der Waals surface area contributed by atoms with Crippen LogP contribution in [0.2, 0.25) is 0 Å². The molecule has 2 heteroatoms. The molecule has 0 aliphatic heterocycles. The van der Waals surface area contributed by atoms with Gasteiger partial charge in [-0.25, -0.2) is 0 Å². The fraction of sp³-hybridized carbons (Fsp3) is 0.188. The maximum absolute atomic E-state index is 12.2. The number of carbonyl (C=O) groups is 1. The Kier molecular flexibility index (Phi) is 3.90. The zero-order valence-corrected chi connectivity index (χ0v) is 10.5. The summed E-state index contributed by atoms with van der Waals surface area (Å²) < 4.78 is 0. The van der Waals surface area contributed by atoms with Gasteiger partial charge in [0, 0.05) is 11.1 Å². The maximum atomic E-state index is 12.2. The summed E-state index contributed by atoms with van der Waals surface area (Å²) in [6.45, 7) is 2.62. The average Bonchev–Trinajstić information content (AvgIpc) is 2.39. The molecule has 0 bridgehead atoms. The van der Waals surface area contributed by atoms with Crippen LogP contribution in [-0.2, 0) is 6.42 Å². The first kappa shape index (κ1) is 12.5. The molecule has 0 aliphatic carbocycles. The Bertz CT molecular complexity index is 543. The quantitative estimate of drug-likeness (QED) is 0.834. The predicted octanol–water partition coefficient (Wildman–Crippen LogP) is 2.73. The van der Waals surface area contributed by atoms with E-state index in [0.717, 1.165) is 23.1 Å². The van der Waals surface area contributed by atoms with Crippen molar-refractivity contribution in [1.29, 1.82) is 0 Å². The smallest absolute Gasteiger partial charge is 0.193 e. The monoisotopic (exact) mass is 239 g/mol. The van der Waals surface area contributed by atoms with Crippen LogP contribution in [0.4, 0.5) is 0 Å². The summed E-state index contributed by atoms with van der Waals surface area (Å²) in [6.07, 6.45) is 0.846. The van der Waals surface area contributed by atoms with Crippen LogP contribution in [0.3, 0.4) is 0 Å². The minimum absolute atomic E-state index is 0.0676. The molecule has 18 heavy (non-hydrogen) atoms. The molecular weight excluding hydrogens is 222 g/mol. The molecule has 0 aliphatic rings. The van der Waals surface area contributed by atoms with E-state index in [1.54, 1.807) is 0 Å². The highest BCUT2D eigenvalue weighted by atomic mass is 16.1. The van der Waals surface area contributed by atoms with Gasteiger partial charge in [-0.1, -0.05) is 48.0 Å². The second-order valence-corrected chi connectivity index (χ2v) is 4.43. The highest BCUT2D eigenvalue weighted by molar-refractivity contribution is 6.09. The Balaban J connectivity index is 2.23. The van der Waals surface area contributed by atoms with Crippen LogP contribution in [0.5, 0.6) is 0 Å². The van der Waals surface area contributed by atoms with Crippen LogP contribution in [0, 0.1) is 6.92 Å². The van der Waals surface area contributed by atoms with Crippen molar-refractivity contribution in [1.82, 2.24) is 0 Å². The fourth-order valence-electron chi connectivity index (χ4n) is 1.94. The molecule has 0 unspecified atom stereocenters. The Morgan fingerprint density at radius 3 is 2.39 bits per heavy atom. The van der Waals surface area contributed by atoms with Gasteiger partial charge < -0.3 is 5.73 Å². The normalized spacial score (nSPS) is 10.3. The van der Waals surface area contributed by atoms with Gasteiger partial charge in [0.2, 0.25) is 0 Å². The van der Waals surface area contributed by atoms with Crippen LogP contribution < -0.4 is 5.73 Å². The van der Waals surface area contributed by atoms with E-state index in [-0.39, 0.29) is 5.78 Å². The van der Waals surface area contributed by atoms with Crippen molar-refractivity contribution < 1.29 is 4.79 Å². The number of nitrogens with two attached hydrogens (primary N) is 1. The number of carbonyl (C=O) groups excluding carboxylic acids is 1. The molecule has 2 N–H and O–H groups in total. The van der Waals surface area contributed by atoms with Gasteiger partial charge in [0.25, 0.3) is 0 Å². The molecule has 2 aromatic rings. The summed E-state index contributed by atoms with van der Waals surface area (Å²) in [4.78, 5) is 12.2. The van der Waals surface area contributed by atoms with Crippen molar-refractivity contribution in [2.75, 3.05) is 6.54 Å². The summed E-state index contributed by atoms with van der Waals surface area (Å²) in [7, 11) is 0. The van der Waals surface area contributed by atoms with Crippen molar-refractivity contribution in [2.45, 2.75) is 13.3 Å². The molecule has 2 aromatic carbocycles. The lowest BCUT2D eigenvalue weighted by molar-refractivity contribution is 0.103. The summed E-state index contributed by atoms with van der Waals surface area (Å²) in [5, 5.41) is 0. The number of hydrogen-bond acceptors (Lipinski definition) is 2. The molecular formula is C16H17NO. The van der Waals surface area contributed by atoms with Crippen molar-refractivity contribution in [3.05, 3.63) is 70.8 Å². The average molecular weight is 239 g/mol. The number of ketones is 1. The Hall–Kier alpha value is -1.93. The second-order valence-electron chi connectivity index (χ2n) is 4.43. The van der Waals surface area contributed by atoms with Crippen LogP contribution >= 0.6 is 0 Å². The highest BCUT2D eigenvalue weighted by Crippen LogP contribution is 2.12. The topological polar surface area (TPSA) is 43.1 Å². The summed E-state index contributed by atoms with van der Waals surface area (Å²) in [6, 6.07) is 15.3. The van der Waals surface area contributed by atoms with Crippen LogP contribution in [0.25, 0.3) is 0 Å². The van der Waals surface area contributed by atoms with Crippen molar-refractivity contribution in [2.24, 2.45) is 5.73 Å². The van der Waals surface area contributed by atoms with E-state index in [0.29, 0.717) is 6.54 Å². The van der Waals surface area contributed by atoms with Gasteiger partial charge >= 0.3 is 0 Å². The van der Waals surface area contributed by atoms with Crippen LogP contribution in [0.15, 0.2) is 48.5 Å². The van der Waals surface area contributed by atoms with E-state index in [1.807, 2.05) is 55.5 Å². The predicted molar refractivity (Wildman–Crippen MR) is 73.8 cm³/mol. The molecule has 2 nitrogen and oxygen atoms in total. The second kappa shape index (κ2) is 5.61. The maximum Gasteiger partial charge on any atom is 0.193 e. The molecule has 0 atom stereocenters. The zero-order chi connectivity index (χ0) is 13.0. The standard InChI is InChI=1S/C16H17NO/c1-12-3-2-4-15(11-12)16(18)14-7-5-13(6-8-14)9-10-17/h2-8,11H,9-10,17H2,1H3. The lowest BCUT2D eigenvalue weighted by Gasteiger charge is -2.04. The van der Waals surface area contributed by atoms with Crippen LogP contribution in [0.1, 0.15) is 27.0 Å². The number of hydrogen-bond donors (Lipinski definition) is 1. The highest BCUT2D eigenvalue weighted by Gasteiger charge is 2.08. The van der Waals surface area contributed by atoms with Gasteiger partial charge in [0.15, 0.2) is 5.78 Å². The molecule has 0 fully saturated rings. The number of aryl methyl sites for hydroxylation is 1. The molecule has 0 radical (unpaired) electrons. The molecule has 0 spiro atoms. The molecule has 0 saturated heterocycles. The van der Waals surface area contributed by atoms with Crippen molar-refractivity contribution in [3.63, 3.8) is 0 Å². The lowest BCUT2D eigenvalue weighted by Crippen LogP contribution is -2.04. The Morgan fingerprint density at radius 1 is 1.06 bits per heavy atom. The molecule has 0 heterocycles. The molecule has 92 valence electrons. The molecule has 0 aromatic heterocycles. The summed E-state index contributed by atoms with van der Waals surface area (Å²) in [5.41, 5.74) is 9.22. The third-order valence-electron chi connectivity index (χ3n) is 2.93. The Labute approximate surface area is 107 Å². The summed E-state index contributed by atoms with van der Waals surface area (Å²) >= 11 is 0. The van der Waals surface area contributed by atoms with E-state index >= 15 is 0 Å². The first-order valence-corrected chi connectivity index (χ1v) is 6.11. The first-order chi connectivity index (χ1) is 8.70. The molecule has 0 saturated carbocycles. The summed E-state index contributed by atoms with van der Waals surface area (Å²) in [5.74, 6) is 0.0676. The third-order valence-corrected chi connectivity index (χ3v) is 2.93. The van der Waals surface area contributed by atoms with E-state index in [2.05, 4.69) is 0 Å². The van der Waals surface area contributed by atoms with E-state index in [4.69, 9.17) is 5.73 Å². The largest absolute Gasteiger partial charge is 0.330 e. The van der Waals surface area contributed by atoms with E-state index in [1.165, 1.54) is 5.56 Å². The lowest BCUT2D eigenvalue weighted by atomic mass is 10.00. The van der Waals surface area contributed by atoms with Crippen molar-refractivity contribution >= 4 is 5.78 Å². The SMILES string of the molecule is Cc1cccc(C(=O)c2ccc(CCN)cc2)c1. The van der Waals surface area contributed by atoms with E-state index < -0.39 is 0 Å². The van der Waals surface area contributed by atoms with Crippen LogP contribution in [-0.4, -0.2) is 12.3 Å². The minimum atomic E-state index is 0.0676. The van der Waals surface area contributed by atoms with Gasteiger partial charge in [0.05, 0.1) is 0 Å². The van der Waals surface area contributed by atoms with Gasteiger partial charge in [-0.15, -0.1) is 0 Å². The molecule has 0 amide bonds. The van der Waals surface area contributed by atoms with Gasteiger partial charge in [-0.3, -0.25) is 4.79 Å². The van der Waals surface area contributed by atoms with Gasteiger partial charge in [-0.2, -0.15) is 0 Å². The number of rotatable bonds is 4. The Morgan fingerprint density at radius 2 is 1.78 bits per heavy atom. The van der Waals surface area contributed by atoms with Gasteiger partial charge in [-0.05, 0) is 31.5 Å². The third kappa shape index (κ3) is 2.84. The fourth-order valence-corrected chi connectivity index (χ4v) is 1.94. The first-order valence-electron chi connectivity index (χ1n) is 6.11.